The lowest BCUT2D eigenvalue weighted by molar-refractivity contribution is -0.384. The smallest absolute Gasteiger partial charge is 0.269 e. The number of anilines is 1. The van der Waals surface area contributed by atoms with E-state index in [1.165, 1.54) is 12.1 Å². The number of benzene rings is 2. The van der Waals surface area contributed by atoms with Gasteiger partial charge in [-0.3, -0.25) is 24.8 Å². The molecule has 2 heterocycles. The van der Waals surface area contributed by atoms with Crippen LogP contribution in [0.1, 0.15) is 35.8 Å². The molecule has 0 saturated heterocycles. The van der Waals surface area contributed by atoms with E-state index >= 15 is 0 Å². The first-order chi connectivity index (χ1) is 17.0. The summed E-state index contributed by atoms with van der Waals surface area (Å²) in [4.78, 5) is 30.3. The second kappa shape index (κ2) is 8.88. The number of carbonyl (C=O) groups excluding carboxylic acids is 1. The van der Waals surface area contributed by atoms with Gasteiger partial charge in [-0.1, -0.05) is 36.4 Å². The number of nitro benzene ring substituents is 1. The third-order valence-corrected chi connectivity index (χ3v) is 6.57. The van der Waals surface area contributed by atoms with Gasteiger partial charge in [0, 0.05) is 47.9 Å². The van der Waals surface area contributed by atoms with E-state index in [9.17, 15) is 20.2 Å². The zero-order valence-corrected chi connectivity index (χ0v) is 18.7. The number of hydrogen-bond acceptors (Lipinski definition) is 7. The summed E-state index contributed by atoms with van der Waals surface area (Å²) in [5.74, 6) is -0.534. The molecule has 1 aromatic heterocycles. The van der Waals surface area contributed by atoms with E-state index in [1.54, 1.807) is 35.5 Å². The first kappa shape index (κ1) is 22.0. The minimum absolute atomic E-state index is 0.0545. The molecule has 0 radical (unpaired) electrons. The minimum Gasteiger partial charge on any atom is -0.384 e. The lowest BCUT2D eigenvalue weighted by atomic mass is 9.72. The monoisotopic (exact) mass is 463 g/mol. The average Bonchev–Trinajstić information content (AvgIpc) is 2.89. The summed E-state index contributed by atoms with van der Waals surface area (Å²) in [7, 11) is 0. The highest BCUT2D eigenvalue weighted by Gasteiger charge is 2.43. The molecular formula is C27H21N5O3. The normalized spacial score (nSPS) is 19.9. The maximum Gasteiger partial charge on any atom is 0.269 e. The molecule has 0 fully saturated rings. The lowest BCUT2D eigenvalue weighted by Gasteiger charge is -2.41. The van der Waals surface area contributed by atoms with Gasteiger partial charge in [-0.05, 0) is 41.7 Å². The summed E-state index contributed by atoms with van der Waals surface area (Å²) in [6, 6.07) is 21.6. The molecule has 0 saturated carbocycles. The van der Waals surface area contributed by atoms with Crippen molar-refractivity contribution in [1.82, 2.24) is 4.98 Å². The number of hydrogen-bond donors (Lipinski definition) is 1. The maximum absolute atomic E-state index is 13.7. The van der Waals surface area contributed by atoms with Crippen LogP contribution >= 0.6 is 0 Å². The summed E-state index contributed by atoms with van der Waals surface area (Å²) < 4.78 is 0. The molecule has 2 N–H and O–H groups in total. The molecule has 2 aliphatic rings. The third kappa shape index (κ3) is 3.83. The van der Waals surface area contributed by atoms with Gasteiger partial charge in [0.15, 0.2) is 5.78 Å². The van der Waals surface area contributed by atoms with Crippen LogP contribution in [0, 0.1) is 21.4 Å². The van der Waals surface area contributed by atoms with Crippen molar-refractivity contribution in [2.24, 2.45) is 5.73 Å². The topological polar surface area (TPSA) is 126 Å². The number of aromatic nitrogens is 1. The molecule has 1 aliphatic heterocycles. The first-order valence-electron chi connectivity index (χ1n) is 11.1. The number of ketones is 1. The van der Waals surface area contributed by atoms with Crippen LogP contribution in [0.5, 0.6) is 0 Å². The molecule has 172 valence electrons. The Kier molecular flexibility index (Phi) is 5.59. The zero-order valence-electron chi connectivity index (χ0n) is 18.7. The summed E-state index contributed by atoms with van der Waals surface area (Å²) in [6.45, 7) is 0. The highest BCUT2D eigenvalue weighted by atomic mass is 16.6. The Balaban J connectivity index is 1.71. The Morgan fingerprint density at radius 3 is 2.37 bits per heavy atom. The van der Waals surface area contributed by atoms with E-state index in [4.69, 9.17) is 5.73 Å². The van der Waals surface area contributed by atoms with E-state index in [0.717, 1.165) is 11.1 Å². The van der Waals surface area contributed by atoms with Gasteiger partial charge in [0.25, 0.3) is 5.69 Å². The third-order valence-electron chi connectivity index (χ3n) is 6.57. The van der Waals surface area contributed by atoms with Crippen LogP contribution in [0.2, 0.25) is 0 Å². The van der Waals surface area contributed by atoms with Gasteiger partial charge in [0.05, 0.1) is 22.5 Å². The fraction of sp³-hybridized carbons (Fsp3) is 0.148. The van der Waals surface area contributed by atoms with Crippen molar-refractivity contribution in [3.63, 3.8) is 0 Å². The molecule has 0 unspecified atom stereocenters. The van der Waals surface area contributed by atoms with E-state index < -0.39 is 10.8 Å². The Hall–Kier alpha value is -4.77. The fourth-order valence-electron chi connectivity index (χ4n) is 4.99. The number of nitro groups is 1. The van der Waals surface area contributed by atoms with Crippen LogP contribution < -0.4 is 10.6 Å². The average molecular weight is 463 g/mol. The van der Waals surface area contributed by atoms with Crippen molar-refractivity contribution >= 4 is 17.2 Å². The number of nitrogens with two attached hydrogens (primary N) is 1. The molecule has 2 atom stereocenters. The van der Waals surface area contributed by atoms with Gasteiger partial charge in [0.2, 0.25) is 0 Å². The second-order valence-electron chi connectivity index (χ2n) is 8.54. The Labute approximate surface area is 201 Å². The van der Waals surface area contributed by atoms with Crippen molar-refractivity contribution in [3.8, 4) is 6.07 Å². The zero-order chi connectivity index (χ0) is 24.5. The standard InChI is InChI=1S/C27H21N5O3/c28-15-22-25(18-7-4-12-30-16-18)26-23(13-19(14-24(26)33)17-5-2-1-3-6-17)31(27(22)29)20-8-10-21(11-9-20)32(34)35/h1-12,16,19,25H,13-14,29H2/t19-,25+/m1/s1. The molecule has 5 rings (SSSR count). The van der Waals surface area contributed by atoms with Gasteiger partial charge in [-0.15, -0.1) is 0 Å². The largest absolute Gasteiger partial charge is 0.384 e. The first-order valence-corrected chi connectivity index (χ1v) is 11.1. The summed E-state index contributed by atoms with van der Waals surface area (Å²) in [6.07, 6.45) is 4.13. The van der Waals surface area contributed by atoms with E-state index in [2.05, 4.69) is 11.1 Å². The molecule has 0 amide bonds. The van der Waals surface area contributed by atoms with Crippen LogP contribution in [-0.4, -0.2) is 15.7 Å². The Bertz CT molecular complexity index is 1410. The minimum atomic E-state index is -0.623. The quantitative estimate of drug-likeness (QED) is 0.439. The molecule has 3 aromatic rings. The van der Waals surface area contributed by atoms with Gasteiger partial charge >= 0.3 is 0 Å². The number of rotatable bonds is 4. The van der Waals surface area contributed by atoms with Crippen LogP contribution in [0.25, 0.3) is 0 Å². The molecule has 35 heavy (non-hydrogen) atoms. The summed E-state index contributed by atoms with van der Waals surface area (Å²) in [5, 5.41) is 21.3. The number of allylic oxidation sites excluding steroid dienone is 3. The van der Waals surface area contributed by atoms with Crippen LogP contribution in [0.4, 0.5) is 11.4 Å². The Morgan fingerprint density at radius 1 is 1.03 bits per heavy atom. The Morgan fingerprint density at radius 2 is 1.74 bits per heavy atom. The lowest BCUT2D eigenvalue weighted by Crippen LogP contribution is -2.40. The maximum atomic E-state index is 13.7. The number of non-ortho nitro benzene ring substituents is 1. The highest BCUT2D eigenvalue weighted by molar-refractivity contribution is 6.01. The van der Waals surface area contributed by atoms with Crippen LogP contribution in [-0.2, 0) is 4.79 Å². The van der Waals surface area contributed by atoms with E-state index in [1.807, 2.05) is 36.4 Å². The van der Waals surface area contributed by atoms with Gasteiger partial charge < -0.3 is 5.73 Å². The molecule has 1 aliphatic carbocycles. The molecule has 8 heteroatoms. The SMILES string of the molecule is N#CC1=C(N)N(c2ccc([N+](=O)[O-])cc2)C2=C(C(=O)C[C@H](c3ccccc3)C2)[C@H]1c1cccnc1. The van der Waals surface area contributed by atoms with Gasteiger partial charge in [-0.25, -0.2) is 0 Å². The van der Waals surface area contributed by atoms with Crippen LogP contribution in [0.3, 0.4) is 0 Å². The number of nitriles is 1. The molecule has 8 nitrogen and oxygen atoms in total. The highest BCUT2D eigenvalue weighted by Crippen LogP contribution is 2.49. The van der Waals surface area contributed by atoms with E-state index in [-0.39, 0.29) is 28.8 Å². The van der Waals surface area contributed by atoms with Crippen molar-refractivity contribution in [3.05, 3.63) is 123 Å². The van der Waals surface area contributed by atoms with Crippen molar-refractivity contribution < 1.29 is 9.72 Å². The van der Waals surface area contributed by atoms with Crippen LogP contribution in [0.15, 0.2) is 102 Å². The van der Waals surface area contributed by atoms with Gasteiger partial charge in [0.1, 0.15) is 5.82 Å². The molecule has 0 bridgehead atoms. The second-order valence-corrected chi connectivity index (χ2v) is 8.54. The number of pyridine rings is 1. The molecule has 0 spiro atoms. The van der Waals surface area contributed by atoms with Crippen molar-refractivity contribution in [2.75, 3.05) is 4.90 Å². The molecule has 2 aromatic carbocycles. The predicted octanol–water partition coefficient (Wildman–Crippen LogP) is 4.69. The number of Topliss-reactive ketones (excluding diaryl/α,β-unsaturated/α-hetero) is 1. The number of nitrogens with zero attached hydrogens (tertiary/aromatic N) is 4. The summed E-state index contributed by atoms with van der Waals surface area (Å²) >= 11 is 0. The molecular weight excluding hydrogens is 442 g/mol. The predicted molar refractivity (Wildman–Crippen MR) is 130 cm³/mol. The van der Waals surface area contributed by atoms with Crippen molar-refractivity contribution in [2.45, 2.75) is 24.7 Å². The fourth-order valence-corrected chi connectivity index (χ4v) is 4.99. The van der Waals surface area contributed by atoms with Gasteiger partial charge in [-0.2, -0.15) is 5.26 Å². The van der Waals surface area contributed by atoms with Crippen molar-refractivity contribution in [1.29, 1.82) is 5.26 Å². The summed E-state index contributed by atoms with van der Waals surface area (Å²) in [5.41, 5.74) is 10.3. The van der Waals surface area contributed by atoms with E-state index in [0.29, 0.717) is 29.8 Å². The number of carbonyl (C=O) groups is 1.